The Balaban J connectivity index is 1.76. The van der Waals surface area contributed by atoms with E-state index in [0.717, 1.165) is 49.3 Å². The van der Waals surface area contributed by atoms with Crippen LogP contribution in [-0.2, 0) is 18.4 Å². The van der Waals surface area contributed by atoms with Crippen molar-refractivity contribution in [2.24, 2.45) is 7.05 Å². The predicted octanol–water partition coefficient (Wildman–Crippen LogP) is 1.32. The SMILES string of the molecule is CCN(CC)CCCNC(=O)CCn1ncc2c1c(C)nn2C. The summed E-state index contributed by atoms with van der Waals surface area (Å²) in [6.07, 6.45) is 3.23. The molecule has 2 aromatic heterocycles. The quantitative estimate of drug-likeness (QED) is 0.708. The Morgan fingerprint density at radius 2 is 2.09 bits per heavy atom. The molecule has 2 rings (SSSR count). The van der Waals surface area contributed by atoms with Crippen molar-refractivity contribution >= 4 is 16.9 Å². The fraction of sp³-hybridized carbons (Fsp3) is 0.688. The summed E-state index contributed by atoms with van der Waals surface area (Å²) in [6, 6.07) is 0. The maximum atomic E-state index is 12.0. The zero-order chi connectivity index (χ0) is 16.8. The summed E-state index contributed by atoms with van der Waals surface area (Å²) in [5.41, 5.74) is 2.96. The molecule has 0 aromatic carbocycles. The van der Waals surface area contributed by atoms with Gasteiger partial charge in [-0.1, -0.05) is 13.8 Å². The van der Waals surface area contributed by atoms with E-state index in [9.17, 15) is 4.79 Å². The highest BCUT2D eigenvalue weighted by atomic mass is 16.1. The van der Waals surface area contributed by atoms with E-state index in [1.165, 1.54) is 0 Å². The van der Waals surface area contributed by atoms with E-state index >= 15 is 0 Å². The van der Waals surface area contributed by atoms with Crippen molar-refractivity contribution < 1.29 is 4.79 Å². The van der Waals surface area contributed by atoms with Gasteiger partial charge in [0.1, 0.15) is 11.0 Å². The topological polar surface area (TPSA) is 68.0 Å². The van der Waals surface area contributed by atoms with Gasteiger partial charge in [0.25, 0.3) is 0 Å². The first-order valence-electron chi connectivity index (χ1n) is 8.41. The monoisotopic (exact) mass is 320 g/mol. The maximum absolute atomic E-state index is 12.0. The summed E-state index contributed by atoms with van der Waals surface area (Å²) >= 11 is 0. The average molecular weight is 320 g/mol. The van der Waals surface area contributed by atoms with E-state index in [4.69, 9.17) is 0 Å². The number of carbonyl (C=O) groups excluding carboxylic acids is 1. The van der Waals surface area contributed by atoms with Gasteiger partial charge in [-0.25, -0.2) is 0 Å². The van der Waals surface area contributed by atoms with Crippen LogP contribution in [0.3, 0.4) is 0 Å². The molecule has 0 aliphatic heterocycles. The molecule has 0 bridgehead atoms. The number of carbonyl (C=O) groups is 1. The second-order valence-electron chi connectivity index (χ2n) is 5.79. The second-order valence-corrected chi connectivity index (χ2v) is 5.79. The van der Waals surface area contributed by atoms with Crippen molar-refractivity contribution in [1.82, 2.24) is 29.8 Å². The zero-order valence-corrected chi connectivity index (χ0v) is 14.7. The molecule has 0 aliphatic carbocycles. The molecule has 1 amide bonds. The minimum absolute atomic E-state index is 0.0785. The van der Waals surface area contributed by atoms with E-state index in [0.29, 0.717) is 13.0 Å². The molecule has 7 heteroatoms. The Hall–Kier alpha value is -1.89. The first-order valence-corrected chi connectivity index (χ1v) is 8.41. The second kappa shape index (κ2) is 8.10. The molecule has 0 unspecified atom stereocenters. The average Bonchev–Trinajstić information content (AvgIpc) is 3.08. The number of fused-ring (bicyclic) bond motifs is 1. The third-order valence-corrected chi connectivity index (χ3v) is 4.23. The maximum Gasteiger partial charge on any atom is 0.221 e. The van der Waals surface area contributed by atoms with Crippen LogP contribution in [0.2, 0.25) is 0 Å². The van der Waals surface area contributed by atoms with Gasteiger partial charge in [-0.05, 0) is 33.0 Å². The predicted molar refractivity (Wildman–Crippen MR) is 91.3 cm³/mol. The molecule has 2 aromatic rings. The van der Waals surface area contributed by atoms with Crippen LogP contribution in [0.15, 0.2) is 6.20 Å². The molecule has 0 saturated carbocycles. The highest BCUT2D eigenvalue weighted by molar-refractivity contribution is 5.78. The standard InChI is InChI=1S/C16H28N6O/c1-5-21(6-2)10-7-9-17-15(23)8-11-22-16-13(3)19-20(4)14(16)12-18-22/h12H,5-11H2,1-4H3,(H,17,23). The molecule has 7 nitrogen and oxygen atoms in total. The molecule has 0 aliphatic rings. The number of hydrogen-bond acceptors (Lipinski definition) is 4. The highest BCUT2D eigenvalue weighted by Gasteiger charge is 2.12. The molecule has 0 spiro atoms. The van der Waals surface area contributed by atoms with Crippen LogP contribution in [0.4, 0.5) is 0 Å². The number of aromatic nitrogens is 4. The van der Waals surface area contributed by atoms with E-state index in [1.54, 1.807) is 6.20 Å². The lowest BCUT2D eigenvalue weighted by atomic mass is 10.3. The number of amides is 1. The summed E-state index contributed by atoms with van der Waals surface area (Å²) < 4.78 is 3.69. The summed E-state index contributed by atoms with van der Waals surface area (Å²) in [6.45, 7) is 10.7. The largest absolute Gasteiger partial charge is 0.356 e. The Morgan fingerprint density at radius 3 is 2.78 bits per heavy atom. The lowest BCUT2D eigenvalue weighted by molar-refractivity contribution is -0.121. The molecule has 0 atom stereocenters. The molecule has 0 radical (unpaired) electrons. The normalized spacial score (nSPS) is 11.5. The molecule has 0 saturated heterocycles. The Labute approximate surface area is 137 Å². The first-order chi connectivity index (χ1) is 11.1. The van der Waals surface area contributed by atoms with Gasteiger partial charge in [0.05, 0.1) is 18.4 Å². The summed E-state index contributed by atoms with van der Waals surface area (Å²) in [5.74, 6) is 0.0785. The Kier molecular flexibility index (Phi) is 6.15. The third-order valence-electron chi connectivity index (χ3n) is 4.23. The van der Waals surface area contributed by atoms with Crippen LogP contribution in [0, 0.1) is 6.92 Å². The van der Waals surface area contributed by atoms with E-state index in [2.05, 4.69) is 34.3 Å². The van der Waals surface area contributed by atoms with Crippen LogP contribution in [-0.4, -0.2) is 56.5 Å². The van der Waals surface area contributed by atoms with Gasteiger partial charge in [0.2, 0.25) is 5.91 Å². The van der Waals surface area contributed by atoms with E-state index in [-0.39, 0.29) is 5.91 Å². The van der Waals surface area contributed by atoms with Crippen LogP contribution < -0.4 is 5.32 Å². The fourth-order valence-electron chi connectivity index (χ4n) is 2.85. The van der Waals surface area contributed by atoms with Crippen LogP contribution >= 0.6 is 0 Å². The van der Waals surface area contributed by atoms with Gasteiger partial charge >= 0.3 is 0 Å². The fourth-order valence-corrected chi connectivity index (χ4v) is 2.85. The third kappa shape index (κ3) is 4.31. The van der Waals surface area contributed by atoms with Gasteiger partial charge in [-0.3, -0.25) is 14.2 Å². The van der Waals surface area contributed by atoms with Crippen LogP contribution in [0.1, 0.15) is 32.4 Å². The van der Waals surface area contributed by atoms with Crippen LogP contribution in [0.5, 0.6) is 0 Å². The zero-order valence-electron chi connectivity index (χ0n) is 14.7. The Bertz CT molecular complexity index is 640. The molecule has 23 heavy (non-hydrogen) atoms. The number of nitrogens with zero attached hydrogens (tertiary/aromatic N) is 5. The van der Waals surface area contributed by atoms with E-state index in [1.807, 2.05) is 23.3 Å². The van der Waals surface area contributed by atoms with Crippen molar-refractivity contribution in [1.29, 1.82) is 0 Å². The Morgan fingerprint density at radius 1 is 1.35 bits per heavy atom. The lowest BCUT2D eigenvalue weighted by Crippen LogP contribution is -2.30. The van der Waals surface area contributed by atoms with Crippen molar-refractivity contribution in [2.75, 3.05) is 26.2 Å². The molecule has 1 N–H and O–H groups in total. The molecular weight excluding hydrogens is 292 g/mol. The molecule has 0 fully saturated rings. The first kappa shape index (κ1) is 17.5. The smallest absolute Gasteiger partial charge is 0.221 e. The van der Waals surface area contributed by atoms with Crippen molar-refractivity contribution in [3.05, 3.63) is 11.9 Å². The van der Waals surface area contributed by atoms with Gasteiger partial charge in [-0.15, -0.1) is 0 Å². The summed E-state index contributed by atoms with van der Waals surface area (Å²) in [4.78, 5) is 14.3. The highest BCUT2D eigenvalue weighted by Crippen LogP contribution is 2.16. The number of aryl methyl sites for hydroxylation is 3. The molecule has 128 valence electrons. The van der Waals surface area contributed by atoms with Gasteiger partial charge in [0.15, 0.2) is 0 Å². The molecular formula is C16H28N6O. The number of hydrogen-bond donors (Lipinski definition) is 1. The summed E-state index contributed by atoms with van der Waals surface area (Å²) in [7, 11) is 1.91. The van der Waals surface area contributed by atoms with Crippen molar-refractivity contribution in [2.45, 2.75) is 40.2 Å². The van der Waals surface area contributed by atoms with Crippen LogP contribution in [0.25, 0.3) is 11.0 Å². The van der Waals surface area contributed by atoms with Crippen molar-refractivity contribution in [3.63, 3.8) is 0 Å². The number of rotatable bonds is 9. The minimum Gasteiger partial charge on any atom is -0.356 e. The van der Waals surface area contributed by atoms with Crippen molar-refractivity contribution in [3.8, 4) is 0 Å². The lowest BCUT2D eigenvalue weighted by Gasteiger charge is -2.17. The van der Waals surface area contributed by atoms with Gasteiger partial charge in [0, 0.05) is 20.0 Å². The van der Waals surface area contributed by atoms with Gasteiger partial charge < -0.3 is 10.2 Å². The van der Waals surface area contributed by atoms with Gasteiger partial charge in [-0.2, -0.15) is 10.2 Å². The van der Waals surface area contributed by atoms with E-state index < -0.39 is 0 Å². The minimum atomic E-state index is 0.0785. The summed E-state index contributed by atoms with van der Waals surface area (Å²) in [5, 5.41) is 11.7. The molecule has 2 heterocycles. The number of nitrogens with one attached hydrogen (secondary N) is 1.